The fraction of sp³-hybridized carbons (Fsp3) is 0.476. The molecule has 134 valence electrons. The van der Waals surface area contributed by atoms with Gasteiger partial charge in [0.05, 0.1) is 13.1 Å². The number of hydrogen-bond donors (Lipinski definition) is 2. The van der Waals surface area contributed by atoms with Gasteiger partial charge >= 0.3 is 0 Å². The third kappa shape index (κ3) is 4.73. The van der Waals surface area contributed by atoms with Crippen LogP contribution in [-0.2, 0) is 24.2 Å². The van der Waals surface area contributed by atoms with E-state index in [0.717, 1.165) is 16.4 Å². The maximum absolute atomic E-state index is 12.4. The Morgan fingerprint density at radius 2 is 1.96 bits per heavy atom. The minimum absolute atomic E-state index is 0.0402. The molecule has 2 atom stereocenters. The van der Waals surface area contributed by atoms with E-state index < -0.39 is 0 Å². The first kappa shape index (κ1) is 17.7. The van der Waals surface area contributed by atoms with Gasteiger partial charge in [-0.1, -0.05) is 18.2 Å². The van der Waals surface area contributed by atoms with E-state index in [-0.39, 0.29) is 11.9 Å². The number of quaternary nitrogens is 1. The summed E-state index contributed by atoms with van der Waals surface area (Å²) in [6.45, 7) is 5.16. The van der Waals surface area contributed by atoms with Gasteiger partial charge < -0.3 is 14.6 Å². The first-order valence-electron chi connectivity index (χ1n) is 9.29. The predicted octanol–water partition coefficient (Wildman–Crippen LogP) is 2.36. The molecule has 4 heteroatoms. The van der Waals surface area contributed by atoms with Gasteiger partial charge in [-0.2, -0.15) is 0 Å². The average molecular weight is 341 g/mol. The van der Waals surface area contributed by atoms with Crippen molar-refractivity contribution in [1.82, 2.24) is 5.32 Å². The molecule has 1 aliphatic rings. The van der Waals surface area contributed by atoms with E-state index >= 15 is 0 Å². The lowest BCUT2D eigenvalue weighted by Gasteiger charge is -2.20. The van der Waals surface area contributed by atoms with Gasteiger partial charge in [-0.3, -0.25) is 4.79 Å². The Morgan fingerprint density at radius 3 is 2.68 bits per heavy atom. The van der Waals surface area contributed by atoms with Crippen LogP contribution in [0.4, 0.5) is 0 Å². The molecule has 0 saturated carbocycles. The van der Waals surface area contributed by atoms with E-state index in [4.69, 9.17) is 4.42 Å². The highest BCUT2D eigenvalue weighted by atomic mass is 16.3. The minimum atomic E-state index is 0.0402. The van der Waals surface area contributed by atoms with Gasteiger partial charge in [-0.05, 0) is 68.4 Å². The van der Waals surface area contributed by atoms with Gasteiger partial charge in [-0.15, -0.1) is 0 Å². The van der Waals surface area contributed by atoms with Crippen LogP contribution >= 0.6 is 0 Å². The van der Waals surface area contributed by atoms with Crippen LogP contribution < -0.4 is 10.2 Å². The molecule has 1 aromatic heterocycles. The maximum atomic E-state index is 12.4. The van der Waals surface area contributed by atoms with Crippen LogP contribution in [0.3, 0.4) is 0 Å². The first-order chi connectivity index (χ1) is 12.0. The quantitative estimate of drug-likeness (QED) is 0.847. The van der Waals surface area contributed by atoms with Crippen molar-refractivity contribution in [2.45, 2.75) is 52.1 Å². The SMILES string of the molecule is Cc1ccc(C[NH+](C)CC(=O)N[C@@H](C)c2ccc3c(c2)CCCC3)o1. The highest BCUT2D eigenvalue weighted by Crippen LogP contribution is 2.24. The molecule has 2 aromatic rings. The molecule has 1 unspecified atom stereocenters. The Hall–Kier alpha value is -2.07. The van der Waals surface area contributed by atoms with Gasteiger partial charge in [0.15, 0.2) is 12.3 Å². The number of nitrogens with one attached hydrogen (secondary N) is 2. The lowest BCUT2D eigenvalue weighted by Crippen LogP contribution is -3.08. The Labute approximate surface area is 150 Å². The third-order valence-corrected chi connectivity index (χ3v) is 4.98. The second-order valence-corrected chi connectivity index (χ2v) is 7.35. The van der Waals surface area contributed by atoms with E-state index in [2.05, 4.69) is 30.4 Å². The summed E-state index contributed by atoms with van der Waals surface area (Å²) in [5.41, 5.74) is 4.14. The fourth-order valence-corrected chi connectivity index (χ4v) is 3.61. The summed E-state index contributed by atoms with van der Waals surface area (Å²) in [5, 5.41) is 3.13. The molecule has 1 heterocycles. The molecule has 0 spiro atoms. The lowest BCUT2D eigenvalue weighted by atomic mass is 9.89. The second-order valence-electron chi connectivity index (χ2n) is 7.35. The van der Waals surface area contributed by atoms with Crippen molar-refractivity contribution in [3.8, 4) is 0 Å². The third-order valence-electron chi connectivity index (χ3n) is 4.98. The summed E-state index contributed by atoms with van der Waals surface area (Å²) in [6.07, 6.45) is 4.93. The molecule has 0 aliphatic heterocycles. The normalized spacial score (nSPS) is 16.1. The molecule has 1 amide bonds. The number of fused-ring (bicyclic) bond motifs is 1. The average Bonchev–Trinajstić information content (AvgIpc) is 2.98. The van der Waals surface area contributed by atoms with E-state index in [1.54, 1.807) is 0 Å². The molecule has 1 aliphatic carbocycles. The Balaban J connectivity index is 1.53. The molecule has 0 bridgehead atoms. The van der Waals surface area contributed by atoms with Crippen molar-refractivity contribution < 1.29 is 14.1 Å². The zero-order chi connectivity index (χ0) is 17.8. The number of likely N-dealkylation sites (N-methyl/N-ethyl adjacent to an activating group) is 1. The van der Waals surface area contributed by atoms with Crippen molar-refractivity contribution in [3.63, 3.8) is 0 Å². The topological polar surface area (TPSA) is 46.7 Å². The van der Waals surface area contributed by atoms with Crippen LogP contribution in [0.15, 0.2) is 34.7 Å². The maximum Gasteiger partial charge on any atom is 0.275 e. The molecular weight excluding hydrogens is 312 g/mol. The molecule has 2 N–H and O–H groups in total. The van der Waals surface area contributed by atoms with E-state index in [9.17, 15) is 4.79 Å². The summed E-state index contributed by atoms with van der Waals surface area (Å²) in [6, 6.07) is 10.7. The molecule has 1 aromatic carbocycles. The summed E-state index contributed by atoms with van der Waals surface area (Å²) in [4.78, 5) is 13.5. The zero-order valence-electron chi connectivity index (χ0n) is 15.5. The van der Waals surface area contributed by atoms with Gasteiger partial charge in [-0.25, -0.2) is 0 Å². The largest absolute Gasteiger partial charge is 0.460 e. The predicted molar refractivity (Wildman–Crippen MR) is 98.5 cm³/mol. The van der Waals surface area contributed by atoms with Crippen LogP contribution in [0.1, 0.15) is 54.0 Å². The number of aryl methyl sites for hydroxylation is 3. The van der Waals surface area contributed by atoms with Crippen molar-refractivity contribution in [2.75, 3.05) is 13.6 Å². The highest BCUT2D eigenvalue weighted by molar-refractivity contribution is 5.77. The van der Waals surface area contributed by atoms with Crippen molar-refractivity contribution in [3.05, 3.63) is 58.5 Å². The van der Waals surface area contributed by atoms with Crippen LogP contribution in [0, 0.1) is 6.92 Å². The first-order valence-corrected chi connectivity index (χ1v) is 9.29. The molecule has 4 nitrogen and oxygen atoms in total. The smallest absolute Gasteiger partial charge is 0.275 e. The highest BCUT2D eigenvalue weighted by Gasteiger charge is 2.17. The molecular formula is C21H29N2O2+. The number of hydrogen-bond acceptors (Lipinski definition) is 2. The van der Waals surface area contributed by atoms with Crippen LogP contribution in [-0.4, -0.2) is 19.5 Å². The lowest BCUT2D eigenvalue weighted by molar-refractivity contribution is -0.886. The minimum Gasteiger partial charge on any atom is -0.460 e. The Bertz CT molecular complexity index is 735. The van der Waals surface area contributed by atoms with Crippen molar-refractivity contribution >= 4 is 5.91 Å². The summed E-state index contributed by atoms with van der Waals surface area (Å²) >= 11 is 0. The standard InChI is InChI=1S/C21H28N2O2/c1-15-8-11-20(25-15)13-23(3)14-21(24)22-16(2)18-10-9-17-6-4-5-7-19(17)12-18/h8-12,16H,4-7,13-14H2,1-3H3,(H,22,24)/p+1/t16-/m0/s1. The number of amides is 1. The summed E-state index contributed by atoms with van der Waals surface area (Å²) in [5.74, 6) is 1.91. The summed E-state index contributed by atoms with van der Waals surface area (Å²) in [7, 11) is 2.01. The molecule has 0 radical (unpaired) electrons. The number of rotatable bonds is 6. The van der Waals surface area contributed by atoms with Gasteiger partial charge in [0, 0.05) is 0 Å². The monoisotopic (exact) mass is 341 g/mol. The van der Waals surface area contributed by atoms with Crippen LogP contribution in [0.2, 0.25) is 0 Å². The number of carbonyl (C=O) groups is 1. The van der Waals surface area contributed by atoms with Gasteiger partial charge in [0.1, 0.15) is 12.3 Å². The number of furan rings is 1. The van der Waals surface area contributed by atoms with E-state index in [1.807, 2.05) is 26.1 Å². The molecule has 3 rings (SSSR count). The van der Waals surface area contributed by atoms with Crippen molar-refractivity contribution in [2.24, 2.45) is 0 Å². The second kappa shape index (κ2) is 7.87. The number of benzene rings is 1. The van der Waals surface area contributed by atoms with Crippen LogP contribution in [0.5, 0.6) is 0 Å². The van der Waals surface area contributed by atoms with E-state index in [0.29, 0.717) is 13.1 Å². The fourth-order valence-electron chi connectivity index (χ4n) is 3.61. The summed E-state index contributed by atoms with van der Waals surface area (Å²) < 4.78 is 5.59. The van der Waals surface area contributed by atoms with E-state index in [1.165, 1.54) is 42.4 Å². The Kier molecular flexibility index (Phi) is 5.59. The van der Waals surface area contributed by atoms with Crippen molar-refractivity contribution in [1.29, 1.82) is 0 Å². The van der Waals surface area contributed by atoms with Gasteiger partial charge in [0.25, 0.3) is 5.91 Å². The number of carbonyl (C=O) groups excluding carboxylic acids is 1. The molecule has 0 fully saturated rings. The Morgan fingerprint density at radius 1 is 1.20 bits per heavy atom. The van der Waals surface area contributed by atoms with Crippen LogP contribution in [0.25, 0.3) is 0 Å². The zero-order valence-corrected chi connectivity index (χ0v) is 15.5. The van der Waals surface area contributed by atoms with Gasteiger partial charge in [0.2, 0.25) is 0 Å². The molecule has 0 saturated heterocycles. The molecule has 25 heavy (non-hydrogen) atoms.